The van der Waals surface area contributed by atoms with Crippen molar-refractivity contribution in [1.29, 1.82) is 0 Å². The number of hydrogen-bond acceptors (Lipinski definition) is 26. The van der Waals surface area contributed by atoms with Gasteiger partial charge in [-0.1, -0.05) is 76.2 Å². The van der Waals surface area contributed by atoms with Gasteiger partial charge in [0.2, 0.25) is 0 Å². The SMILES string of the molecule is CC(C)(C)C(N(O)C(C)(C)C)P(C)(C)=O.CC(C)C(=O)OC(C)C(=O)OC(C)C(=O)O.CC(O)C(=O)OC(C)C(=O)O.CC(OC(=O)C(C)OC(=O)C(C)(C)ON(C(C(C)(C)C)P(C)(C)=O)C(C)(C)C)C(=O)O.CCOP(=O)(OCC)C(N(OC(C)(C)C(=O)O)C(C)(C)C)C(C)(C)C. The molecule has 0 spiro atoms. The Hall–Kier alpha value is -4.44. The van der Waals surface area contributed by atoms with Crippen LogP contribution in [0.5, 0.6) is 0 Å². The topological polar surface area (TPSA) is 419 Å². The van der Waals surface area contributed by atoms with E-state index in [2.05, 4.69) is 9.47 Å². The summed E-state index contributed by atoms with van der Waals surface area (Å²) in [6, 6.07) is 0. The minimum Gasteiger partial charge on any atom is -0.479 e. The highest BCUT2D eigenvalue weighted by Gasteiger charge is 2.54. The first-order valence-corrected chi connectivity index (χ1v) is 39.0. The molecule has 0 bridgehead atoms. The van der Waals surface area contributed by atoms with Crippen LogP contribution in [-0.4, -0.2) is 221 Å². The molecular weight excluding hydrogens is 1350 g/mol. The molecule has 580 valence electrons. The van der Waals surface area contributed by atoms with Crippen LogP contribution >= 0.6 is 21.9 Å². The third-order valence-corrected chi connectivity index (χ3v) is 19.9. The lowest BCUT2D eigenvalue weighted by Crippen LogP contribution is -2.57. The van der Waals surface area contributed by atoms with Gasteiger partial charge in [-0.15, -0.1) is 0 Å². The molecular formula is C65H128N3O27P3. The molecule has 0 amide bonds. The highest BCUT2D eigenvalue weighted by Crippen LogP contribution is 2.61. The number of carbonyl (C=O) groups is 9. The number of carboxylic acids is 4. The number of rotatable bonds is 28. The molecule has 0 heterocycles. The second kappa shape index (κ2) is 40.4. The van der Waals surface area contributed by atoms with Crippen LogP contribution < -0.4 is 0 Å². The van der Waals surface area contributed by atoms with Crippen molar-refractivity contribution in [2.75, 3.05) is 39.9 Å². The first kappa shape index (κ1) is 102. The summed E-state index contributed by atoms with van der Waals surface area (Å²) in [5.41, 5.74) is -5.88. The molecule has 0 aliphatic heterocycles. The fourth-order valence-corrected chi connectivity index (χ4v) is 16.5. The zero-order valence-electron chi connectivity index (χ0n) is 65.6. The molecule has 0 aliphatic carbocycles. The minimum atomic E-state index is -3.61. The van der Waals surface area contributed by atoms with E-state index in [9.17, 15) is 67.2 Å². The zero-order valence-corrected chi connectivity index (χ0v) is 68.3. The smallest absolute Gasteiger partial charge is 0.350 e. The van der Waals surface area contributed by atoms with Gasteiger partial charge < -0.3 is 72.6 Å². The van der Waals surface area contributed by atoms with Gasteiger partial charge in [0.25, 0.3) is 0 Å². The molecule has 0 saturated carbocycles. The van der Waals surface area contributed by atoms with Crippen molar-refractivity contribution < 1.29 is 130 Å². The molecule has 0 aromatic carbocycles. The van der Waals surface area contributed by atoms with Gasteiger partial charge in [-0.25, -0.2) is 38.4 Å². The highest BCUT2D eigenvalue weighted by atomic mass is 31.2. The third-order valence-electron chi connectivity index (χ3n) is 12.7. The van der Waals surface area contributed by atoms with Crippen LogP contribution in [0.25, 0.3) is 0 Å². The normalized spacial score (nSPS) is 15.7. The minimum absolute atomic E-state index is 0.207. The van der Waals surface area contributed by atoms with Crippen molar-refractivity contribution in [3.63, 3.8) is 0 Å². The van der Waals surface area contributed by atoms with E-state index < -0.39 is 157 Å². The first-order chi connectivity index (χ1) is 43.0. The molecule has 0 rings (SSSR count). The average Bonchev–Trinajstić information content (AvgIpc) is 0.774. The number of carboxylic acid groups (broad SMARTS) is 4. The molecule has 9 unspecified atom stereocenters. The van der Waals surface area contributed by atoms with Crippen molar-refractivity contribution >= 4 is 75.6 Å². The molecule has 6 N–H and O–H groups in total. The van der Waals surface area contributed by atoms with Gasteiger partial charge in [-0.05, 0) is 188 Å². The molecule has 9 atom stereocenters. The Balaban J connectivity index is -0.000000385. The Bertz CT molecular complexity index is 2710. The van der Waals surface area contributed by atoms with Crippen molar-refractivity contribution in [1.82, 2.24) is 15.2 Å². The highest BCUT2D eigenvalue weighted by molar-refractivity contribution is 7.63. The molecule has 33 heteroatoms. The standard InChI is InChI=1S/C21H40NO8P.C17H36NO6P.C11H26NO2P.C10H16O6.C6H10O5/c1-13(15(23)24)28-16(25)14(2)29-18(26)21(9,10)30-22(20(6,7)8)17(19(3,4)5)31(11,12)27;1-11-22-25(21,23-12-2)13(15(3,4)5)18(16(6,7)8)24-17(9,10)14(19)20;1-10(2,3)9(15(7,8)14)12(13)11(4,5)6;1-5(2)9(13)16-7(4)10(14)15-6(3)8(11)12;1-3(7)6(10)11-4(2)5(8)9/h13-14,17H,1-12H3,(H,23,24);13H,11-12H2,1-10H3,(H,19,20);9,13H,1-8H3;5-7H,1-4H3,(H,11,12);3-4,7H,1-2H3,(H,8,9). The van der Waals surface area contributed by atoms with Gasteiger partial charge in [-0.3, -0.25) is 19.0 Å². The van der Waals surface area contributed by atoms with Crippen LogP contribution in [0.1, 0.15) is 222 Å². The van der Waals surface area contributed by atoms with Crippen LogP contribution in [0.3, 0.4) is 0 Å². The summed E-state index contributed by atoms with van der Waals surface area (Å²) >= 11 is 0. The predicted molar refractivity (Wildman–Crippen MR) is 371 cm³/mol. The van der Waals surface area contributed by atoms with Crippen LogP contribution in [0, 0.1) is 22.2 Å². The van der Waals surface area contributed by atoms with Gasteiger partial charge in [-0.2, -0.15) is 15.2 Å². The Kier molecular flexibility index (Phi) is 42.1. The summed E-state index contributed by atoms with van der Waals surface area (Å²) in [5.74, 6) is -11.0. The van der Waals surface area contributed by atoms with Gasteiger partial charge in [0.05, 0.1) is 30.7 Å². The van der Waals surface area contributed by atoms with Crippen molar-refractivity contribution in [3.8, 4) is 0 Å². The largest absolute Gasteiger partial charge is 0.479 e. The van der Waals surface area contributed by atoms with E-state index >= 15 is 0 Å². The quantitative estimate of drug-likeness (QED) is 0.0183. The van der Waals surface area contributed by atoms with E-state index in [0.29, 0.717) is 0 Å². The maximum absolute atomic E-state index is 13.6. The van der Waals surface area contributed by atoms with E-state index in [-0.39, 0.29) is 35.9 Å². The molecule has 0 fully saturated rings. The fraction of sp³-hybridized carbons (Fsp3) is 0.862. The number of hydroxylamine groups is 6. The maximum Gasteiger partial charge on any atom is 0.350 e. The number of esters is 5. The fourth-order valence-electron chi connectivity index (χ4n) is 8.31. The van der Waals surface area contributed by atoms with Crippen molar-refractivity contribution in [2.24, 2.45) is 22.2 Å². The number of aliphatic carboxylic acids is 4. The Morgan fingerprint density at radius 2 is 0.663 bits per heavy atom. The molecule has 98 heavy (non-hydrogen) atoms. The first-order valence-electron chi connectivity index (χ1n) is 32.1. The summed E-state index contributed by atoms with van der Waals surface area (Å²) in [5, 5.41) is 58.2. The number of aliphatic hydroxyl groups is 1. The predicted octanol–water partition coefficient (Wildman–Crippen LogP) is 11.7. The molecule has 0 aromatic rings. The average molecular weight is 1480 g/mol. The molecule has 30 nitrogen and oxygen atoms in total. The summed E-state index contributed by atoms with van der Waals surface area (Å²) < 4.78 is 73.7. The summed E-state index contributed by atoms with van der Waals surface area (Å²) in [6.45, 7) is 61.9. The summed E-state index contributed by atoms with van der Waals surface area (Å²) in [6.07, 6.45) is -7.55. The van der Waals surface area contributed by atoms with Gasteiger partial charge in [0.15, 0.2) is 41.7 Å². The lowest BCUT2D eigenvalue weighted by Gasteiger charge is -2.49. The zero-order chi connectivity index (χ0) is 80.0. The van der Waals surface area contributed by atoms with E-state index in [1.165, 1.54) is 79.4 Å². The van der Waals surface area contributed by atoms with Gasteiger partial charge in [0, 0.05) is 16.6 Å². The molecule has 0 aliphatic rings. The van der Waals surface area contributed by atoms with Crippen LogP contribution in [-0.2, 0) is 99.3 Å². The van der Waals surface area contributed by atoms with Crippen LogP contribution in [0.2, 0.25) is 0 Å². The Morgan fingerprint density at radius 1 is 0.388 bits per heavy atom. The maximum atomic E-state index is 13.6. The lowest BCUT2D eigenvalue weighted by molar-refractivity contribution is -0.290. The molecule has 0 aromatic heterocycles. The van der Waals surface area contributed by atoms with Gasteiger partial charge >= 0.3 is 61.3 Å². The molecule has 0 radical (unpaired) electrons. The summed E-state index contributed by atoms with van der Waals surface area (Å²) in [4.78, 5) is 113. The monoisotopic (exact) mass is 1480 g/mol. The Labute approximate surface area is 584 Å². The Morgan fingerprint density at radius 3 is 0.888 bits per heavy atom. The van der Waals surface area contributed by atoms with E-state index in [0.717, 1.165) is 0 Å². The van der Waals surface area contributed by atoms with E-state index in [1.54, 1.807) is 59.4 Å². The molecule has 0 saturated heterocycles. The lowest BCUT2D eigenvalue weighted by atomic mass is 9.94. The summed E-state index contributed by atoms with van der Waals surface area (Å²) in [7, 11) is -8.70. The van der Waals surface area contributed by atoms with E-state index in [4.69, 9.17) is 53.4 Å². The number of aliphatic hydroxyl groups excluding tert-OH is 1. The van der Waals surface area contributed by atoms with Crippen molar-refractivity contribution in [2.45, 2.75) is 303 Å². The number of nitrogens with zero attached hydrogens (tertiary/aromatic N) is 3. The number of carbonyl (C=O) groups excluding carboxylic acids is 5. The van der Waals surface area contributed by atoms with Crippen LogP contribution in [0.4, 0.5) is 0 Å². The number of ether oxygens (including phenoxy) is 5. The number of hydrogen-bond donors (Lipinski definition) is 6. The van der Waals surface area contributed by atoms with Crippen molar-refractivity contribution in [3.05, 3.63) is 0 Å². The van der Waals surface area contributed by atoms with Crippen LogP contribution in [0.15, 0.2) is 0 Å². The second-order valence-corrected chi connectivity index (χ2v) is 40.5. The second-order valence-electron chi connectivity index (χ2n) is 31.7. The van der Waals surface area contributed by atoms with E-state index in [1.807, 2.05) is 125 Å². The van der Waals surface area contributed by atoms with Gasteiger partial charge in [0.1, 0.15) is 26.2 Å². The third kappa shape index (κ3) is 38.6.